The van der Waals surface area contributed by atoms with E-state index in [0.29, 0.717) is 92.5 Å². The summed E-state index contributed by atoms with van der Waals surface area (Å²) in [6.07, 6.45) is 1.93. The lowest BCUT2D eigenvalue weighted by Crippen LogP contribution is -2.36. The van der Waals surface area contributed by atoms with Crippen molar-refractivity contribution in [1.82, 2.24) is 0 Å². The Labute approximate surface area is 185 Å². The van der Waals surface area contributed by atoms with Crippen LogP contribution in [0.15, 0.2) is 0 Å². The van der Waals surface area contributed by atoms with Crippen LogP contribution >= 0.6 is 0 Å². The molecule has 0 aliphatic rings. The molecule has 0 unspecified atom stereocenters. The topological polar surface area (TPSA) is 94.1 Å². The average molecular weight is 457 g/mol. The molecular formula is C20H44O9Si. The number of hydrogen-bond donors (Lipinski definition) is 1. The quantitative estimate of drug-likeness (QED) is 0.150. The Bertz CT molecular complexity index is 325. The van der Waals surface area contributed by atoms with Crippen LogP contribution in [0, 0.1) is 0 Å². The van der Waals surface area contributed by atoms with E-state index >= 15 is 0 Å². The first-order valence-electron chi connectivity index (χ1n) is 10.9. The van der Waals surface area contributed by atoms with E-state index in [1.165, 1.54) is 0 Å². The first kappa shape index (κ1) is 29.9. The molecule has 0 aliphatic carbocycles. The lowest BCUT2D eigenvalue weighted by molar-refractivity contribution is -0.0497. The summed E-state index contributed by atoms with van der Waals surface area (Å²) in [5.41, 5.74) is -0.121. The van der Waals surface area contributed by atoms with Gasteiger partial charge < -0.3 is 42.7 Å². The van der Waals surface area contributed by atoms with Gasteiger partial charge in [-0.1, -0.05) is 13.8 Å². The zero-order valence-corrected chi connectivity index (χ0v) is 21.2. The summed E-state index contributed by atoms with van der Waals surface area (Å²) < 4.78 is 43.5. The fraction of sp³-hybridized carbons (Fsp3) is 1.00. The van der Waals surface area contributed by atoms with Gasteiger partial charge in [0.05, 0.1) is 105 Å². The number of ether oxygens (including phenoxy) is 7. The molecule has 1 N–H and O–H groups in total. The third-order valence-corrected chi connectivity index (χ3v) is 5.42. The summed E-state index contributed by atoms with van der Waals surface area (Å²) in [6, 6.07) is 0. The van der Waals surface area contributed by atoms with E-state index in [2.05, 4.69) is 13.8 Å². The molecule has 182 valence electrons. The van der Waals surface area contributed by atoms with Gasteiger partial charge in [0.25, 0.3) is 0 Å². The lowest BCUT2D eigenvalue weighted by atomic mass is 9.99. The van der Waals surface area contributed by atoms with Crippen LogP contribution in [0.3, 0.4) is 0 Å². The van der Waals surface area contributed by atoms with Gasteiger partial charge >= 0.3 is 0 Å². The molecule has 0 saturated heterocycles. The standard InChI is InChI=1S/C20H44O9Si/c1-3-20(4-2,29-30)19-28-18-17-27-16-15-26-14-13-25-12-11-24-10-9-23-8-7-22-6-5-21/h21H,3-19H2,1-2,30H3. The number of rotatable bonds is 25. The smallest absolute Gasteiger partial charge is 0.146 e. The predicted molar refractivity (Wildman–Crippen MR) is 117 cm³/mol. The number of aliphatic hydroxyl groups excluding tert-OH is 1. The summed E-state index contributed by atoms with van der Waals surface area (Å²) >= 11 is 0. The van der Waals surface area contributed by atoms with E-state index in [-0.39, 0.29) is 12.2 Å². The molecule has 0 bridgehead atoms. The van der Waals surface area contributed by atoms with Gasteiger partial charge in [0.1, 0.15) is 10.5 Å². The highest BCUT2D eigenvalue weighted by Crippen LogP contribution is 2.19. The lowest BCUT2D eigenvalue weighted by Gasteiger charge is -2.30. The van der Waals surface area contributed by atoms with Crippen LogP contribution in [0.1, 0.15) is 26.7 Å². The van der Waals surface area contributed by atoms with Crippen molar-refractivity contribution in [3.05, 3.63) is 0 Å². The van der Waals surface area contributed by atoms with E-state index in [4.69, 9.17) is 42.7 Å². The highest BCUT2D eigenvalue weighted by atomic mass is 28.2. The second-order valence-electron chi connectivity index (χ2n) is 6.54. The summed E-state index contributed by atoms with van der Waals surface area (Å²) in [7, 11) is 0.727. The minimum Gasteiger partial charge on any atom is -0.420 e. The molecule has 0 aromatic carbocycles. The highest BCUT2D eigenvalue weighted by molar-refractivity contribution is 5.98. The Hall–Kier alpha value is -0.143. The van der Waals surface area contributed by atoms with Gasteiger partial charge in [0.15, 0.2) is 0 Å². The first-order chi connectivity index (χ1) is 14.7. The second-order valence-corrected chi connectivity index (χ2v) is 6.95. The minimum absolute atomic E-state index is 0.0345. The van der Waals surface area contributed by atoms with Crippen LogP contribution in [0.2, 0.25) is 0 Å². The average Bonchev–Trinajstić information content (AvgIpc) is 2.78. The molecule has 0 spiro atoms. The molecule has 0 aromatic rings. The van der Waals surface area contributed by atoms with E-state index in [0.717, 1.165) is 23.3 Å². The van der Waals surface area contributed by atoms with Gasteiger partial charge in [-0.25, -0.2) is 0 Å². The molecule has 0 rings (SSSR count). The third kappa shape index (κ3) is 18.6. The van der Waals surface area contributed by atoms with E-state index < -0.39 is 0 Å². The number of hydrogen-bond acceptors (Lipinski definition) is 9. The molecule has 0 aromatic heterocycles. The van der Waals surface area contributed by atoms with Crippen LogP contribution < -0.4 is 0 Å². The Kier molecular flexibility index (Phi) is 23.4. The predicted octanol–water partition coefficient (Wildman–Crippen LogP) is -0.0493. The van der Waals surface area contributed by atoms with E-state index in [1.54, 1.807) is 0 Å². The van der Waals surface area contributed by atoms with Crippen LogP contribution in [0.25, 0.3) is 0 Å². The molecule has 0 fully saturated rings. The number of aliphatic hydroxyl groups is 1. The Balaban J connectivity index is 3.16. The third-order valence-electron chi connectivity index (χ3n) is 4.55. The molecule has 30 heavy (non-hydrogen) atoms. The van der Waals surface area contributed by atoms with Crippen molar-refractivity contribution in [2.24, 2.45) is 0 Å². The highest BCUT2D eigenvalue weighted by Gasteiger charge is 2.24. The first-order valence-corrected chi connectivity index (χ1v) is 11.8. The molecule has 0 radical (unpaired) electrons. The summed E-state index contributed by atoms with van der Waals surface area (Å²) in [5.74, 6) is 0. The van der Waals surface area contributed by atoms with Gasteiger partial charge in [-0.3, -0.25) is 0 Å². The zero-order chi connectivity index (χ0) is 22.2. The Morgan fingerprint density at radius 3 is 1.10 bits per heavy atom. The van der Waals surface area contributed by atoms with Crippen molar-refractivity contribution in [3.63, 3.8) is 0 Å². The van der Waals surface area contributed by atoms with Crippen molar-refractivity contribution < 1.29 is 42.7 Å². The van der Waals surface area contributed by atoms with Gasteiger partial charge in [-0.2, -0.15) is 0 Å². The van der Waals surface area contributed by atoms with Crippen molar-refractivity contribution in [3.8, 4) is 0 Å². The Morgan fingerprint density at radius 1 is 0.533 bits per heavy atom. The van der Waals surface area contributed by atoms with Crippen molar-refractivity contribution in [1.29, 1.82) is 0 Å². The monoisotopic (exact) mass is 456 g/mol. The maximum Gasteiger partial charge on any atom is 0.146 e. The van der Waals surface area contributed by atoms with Gasteiger partial charge in [0, 0.05) is 0 Å². The van der Waals surface area contributed by atoms with Crippen LogP contribution in [0.4, 0.5) is 0 Å². The van der Waals surface area contributed by atoms with Crippen LogP contribution in [0.5, 0.6) is 0 Å². The molecule has 0 atom stereocenters. The summed E-state index contributed by atoms with van der Waals surface area (Å²) in [4.78, 5) is 0. The molecule has 9 nitrogen and oxygen atoms in total. The fourth-order valence-corrected chi connectivity index (χ4v) is 3.14. The zero-order valence-electron chi connectivity index (χ0n) is 19.2. The maximum absolute atomic E-state index is 8.54. The largest absolute Gasteiger partial charge is 0.420 e. The second kappa shape index (κ2) is 23.5. The fourth-order valence-electron chi connectivity index (χ4n) is 2.44. The molecule has 10 heteroatoms. The molecular weight excluding hydrogens is 412 g/mol. The van der Waals surface area contributed by atoms with E-state index in [9.17, 15) is 0 Å². The van der Waals surface area contributed by atoms with Crippen molar-refractivity contribution >= 4 is 10.5 Å². The molecule has 0 amide bonds. The van der Waals surface area contributed by atoms with Gasteiger partial charge in [-0.05, 0) is 12.8 Å². The molecule has 0 aliphatic heterocycles. The van der Waals surface area contributed by atoms with Gasteiger partial charge in [0.2, 0.25) is 0 Å². The molecule has 0 heterocycles. The summed E-state index contributed by atoms with van der Waals surface area (Å²) in [6.45, 7) is 11.6. The van der Waals surface area contributed by atoms with E-state index in [1.807, 2.05) is 0 Å². The minimum atomic E-state index is -0.121. The van der Waals surface area contributed by atoms with Crippen LogP contribution in [-0.4, -0.2) is 120 Å². The van der Waals surface area contributed by atoms with Crippen molar-refractivity contribution in [2.45, 2.75) is 32.3 Å². The van der Waals surface area contributed by atoms with Gasteiger partial charge in [-0.15, -0.1) is 0 Å². The SMILES string of the molecule is CCC(CC)(COCCOCCOCCOCCOCCOCCOCCO)O[SiH3]. The van der Waals surface area contributed by atoms with Crippen LogP contribution in [-0.2, 0) is 37.6 Å². The normalized spacial score (nSPS) is 12.1. The Morgan fingerprint density at radius 2 is 0.833 bits per heavy atom. The van der Waals surface area contributed by atoms with Crippen molar-refractivity contribution in [2.75, 3.05) is 99.1 Å². The summed E-state index contributed by atoms with van der Waals surface area (Å²) in [5, 5.41) is 8.54. The molecule has 0 saturated carbocycles. The maximum atomic E-state index is 8.54.